The molecule has 1 atom stereocenters. The highest BCUT2D eigenvalue weighted by atomic mass is 35.5. The van der Waals surface area contributed by atoms with E-state index in [4.69, 9.17) is 28.9 Å². The van der Waals surface area contributed by atoms with Crippen LogP contribution in [0.1, 0.15) is 23.6 Å². The van der Waals surface area contributed by atoms with Crippen LogP contribution in [0.2, 0.25) is 10.0 Å². The van der Waals surface area contributed by atoms with Crippen LogP contribution in [0.15, 0.2) is 42.6 Å². The topological polar surface area (TPSA) is 38.9 Å². The molecule has 0 amide bonds. The van der Waals surface area contributed by atoms with Gasteiger partial charge in [-0.1, -0.05) is 35.3 Å². The summed E-state index contributed by atoms with van der Waals surface area (Å²) in [5, 5.41) is 1.13. The van der Waals surface area contributed by atoms with E-state index in [0.29, 0.717) is 16.6 Å². The molecule has 1 unspecified atom stereocenters. The molecule has 0 radical (unpaired) electrons. The molecule has 2 N–H and O–H groups in total. The fraction of sp³-hybridized carbons (Fsp3) is 0.214. The number of benzene rings is 1. The highest BCUT2D eigenvalue weighted by Crippen LogP contribution is 2.31. The van der Waals surface area contributed by atoms with Gasteiger partial charge in [0.2, 0.25) is 0 Å². The Labute approximate surface area is 117 Å². The lowest BCUT2D eigenvalue weighted by molar-refractivity contribution is 0.706. The summed E-state index contributed by atoms with van der Waals surface area (Å²) in [4.78, 5) is 4.39. The molecule has 0 saturated carbocycles. The molecule has 1 aromatic heterocycles. The number of rotatable bonds is 4. The van der Waals surface area contributed by atoms with Gasteiger partial charge in [0.25, 0.3) is 0 Å². The molecule has 1 aromatic carbocycles. The van der Waals surface area contributed by atoms with Crippen LogP contribution in [0.25, 0.3) is 0 Å². The standard InChI is InChI=1S/C14H14Cl2N2/c15-12-5-4-10(9-13(12)16)11(6-7-17)14-3-1-2-8-18-14/h1-5,8-9,11H,6-7,17H2. The molecule has 4 heteroatoms. The highest BCUT2D eigenvalue weighted by Gasteiger charge is 2.15. The summed E-state index contributed by atoms with van der Waals surface area (Å²) in [5.74, 6) is 0.158. The van der Waals surface area contributed by atoms with Gasteiger partial charge in [0.1, 0.15) is 0 Å². The first-order chi connectivity index (χ1) is 8.72. The number of nitrogens with two attached hydrogens (primary N) is 1. The van der Waals surface area contributed by atoms with Crippen LogP contribution in [0.4, 0.5) is 0 Å². The van der Waals surface area contributed by atoms with Gasteiger partial charge in [-0.25, -0.2) is 0 Å². The Morgan fingerprint density at radius 2 is 1.94 bits per heavy atom. The van der Waals surface area contributed by atoms with Gasteiger partial charge in [-0.05, 0) is 42.8 Å². The first-order valence-electron chi connectivity index (χ1n) is 5.78. The summed E-state index contributed by atoms with van der Waals surface area (Å²) in [7, 11) is 0. The average molecular weight is 281 g/mol. The van der Waals surface area contributed by atoms with Crippen LogP contribution in [0.5, 0.6) is 0 Å². The number of hydrogen-bond acceptors (Lipinski definition) is 2. The summed E-state index contributed by atoms with van der Waals surface area (Å²) < 4.78 is 0. The largest absolute Gasteiger partial charge is 0.330 e. The van der Waals surface area contributed by atoms with Crippen LogP contribution in [-0.2, 0) is 0 Å². The van der Waals surface area contributed by atoms with Crippen molar-refractivity contribution in [1.82, 2.24) is 4.98 Å². The molecule has 0 spiro atoms. The van der Waals surface area contributed by atoms with Gasteiger partial charge in [0.05, 0.1) is 10.0 Å². The van der Waals surface area contributed by atoms with Crippen molar-refractivity contribution < 1.29 is 0 Å². The first kappa shape index (κ1) is 13.3. The molecule has 18 heavy (non-hydrogen) atoms. The molecule has 0 aliphatic heterocycles. The van der Waals surface area contributed by atoms with Crippen LogP contribution in [0.3, 0.4) is 0 Å². The Morgan fingerprint density at radius 1 is 1.11 bits per heavy atom. The maximum absolute atomic E-state index is 6.06. The number of aromatic nitrogens is 1. The molecular weight excluding hydrogens is 267 g/mol. The predicted molar refractivity (Wildman–Crippen MR) is 76.2 cm³/mol. The van der Waals surface area contributed by atoms with Crippen molar-refractivity contribution in [3.63, 3.8) is 0 Å². The highest BCUT2D eigenvalue weighted by molar-refractivity contribution is 6.42. The van der Waals surface area contributed by atoms with Crippen molar-refractivity contribution in [2.24, 2.45) is 5.73 Å². The zero-order valence-corrected chi connectivity index (χ0v) is 11.3. The van der Waals surface area contributed by atoms with Crippen molar-refractivity contribution >= 4 is 23.2 Å². The SMILES string of the molecule is NCCC(c1ccc(Cl)c(Cl)c1)c1ccccn1. The molecule has 0 aliphatic carbocycles. The molecule has 1 heterocycles. The third-order valence-electron chi connectivity index (χ3n) is 2.85. The van der Waals surface area contributed by atoms with Crippen LogP contribution >= 0.6 is 23.2 Å². The third kappa shape index (κ3) is 3.02. The minimum atomic E-state index is 0.158. The Morgan fingerprint density at radius 3 is 2.56 bits per heavy atom. The normalized spacial score (nSPS) is 12.4. The number of pyridine rings is 1. The number of hydrogen-bond donors (Lipinski definition) is 1. The maximum Gasteiger partial charge on any atom is 0.0595 e. The maximum atomic E-state index is 6.06. The molecule has 0 aliphatic rings. The van der Waals surface area contributed by atoms with Crippen molar-refractivity contribution in [3.8, 4) is 0 Å². The second-order valence-corrected chi connectivity index (χ2v) is 4.87. The van der Waals surface area contributed by atoms with Gasteiger partial charge >= 0.3 is 0 Å². The zero-order valence-electron chi connectivity index (χ0n) is 9.81. The van der Waals surface area contributed by atoms with E-state index < -0.39 is 0 Å². The van der Waals surface area contributed by atoms with Gasteiger partial charge in [-0.3, -0.25) is 4.98 Å². The van der Waals surface area contributed by atoms with Crippen molar-refractivity contribution in [2.75, 3.05) is 6.54 Å². The lowest BCUT2D eigenvalue weighted by Crippen LogP contribution is -2.10. The second-order valence-electron chi connectivity index (χ2n) is 4.06. The summed E-state index contributed by atoms with van der Waals surface area (Å²) >= 11 is 12.0. The molecule has 2 aromatic rings. The summed E-state index contributed by atoms with van der Waals surface area (Å²) in [6, 6.07) is 11.6. The van der Waals surface area contributed by atoms with Gasteiger partial charge < -0.3 is 5.73 Å². The van der Waals surface area contributed by atoms with E-state index in [-0.39, 0.29) is 5.92 Å². The van der Waals surface area contributed by atoms with Crippen LogP contribution in [0, 0.1) is 0 Å². The smallest absolute Gasteiger partial charge is 0.0595 e. The molecule has 2 rings (SSSR count). The zero-order chi connectivity index (χ0) is 13.0. The van der Waals surface area contributed by atoms with Gasteiger partial charge in [0, 0.05) is 17.8 Å². The molecular formula is C14H14Cl2N2. The average Bonchev–Trinajstić information content (AvgIpc) is 2.40. The van der Waals surface area contributed by atoms with Crippen molar-refractivity contribution in [2.45, 2.75) is 12.3 Å². The Kier molecular flexibility index (Phi) is 4.59. The molecule has 94 valence electrons. The fourth-order valence-electron chi connectivity index (χ4n) is 1.96. The number of halogens is 2. The van der Waals surface area contributed by atoms with E-state index in [2.05, 4.69) is 4.98 Å². The minimum Gasteiger partial charge on any atom is -0.330 e. The first-order valence-corrected chi connectivity index (χ1v) is 6.54. The molecule has 2 nitrogen and oxygen atoms in total. The van der Waals surface area contributed by atoms with E-state index in [1.165, 1.54) is 0 Å². The van der Waals surface area contributed by atoms with E-state index >= 15 is 0 Å². The predicted octanol–water partition coefficient (Wildman–Crippen LogP) is 3.87. The quantitative estimate of drug-likeness (QED) is 0.924. The molecule has 0 fully saturated rings. The van der Waals surface area contributed by atoms with Gasteiger partial charge in [0.15, 0.2) is 0 Å². The Hall–Kier alpha value is -1.09. The van der Waals surface area contributed by atoms with E-state index in [1.807, 2.05) is 36.4 Å². The molecule has 0 saturated heterocycles. The van der Waals surface area contributed by atoms with Crippen molar-refractivity contribution in [3.05, 3.63) is 63.9 Å². The third-order valence-corrected chi connectivity index (χ3v) is 3.59. The minimum absolute atomic E-state index is 0.158. The summed E-state index contributed by atoms with van der Waals surface area (Å²) in [6.45, 7) is 0.599. The van der Waals surface area contributed by atoms with E-state index in [9.17, 15) is 0 Å². The fourth-order valence-corrected chi connectivity index (χ4v) is 2.27. The van der Waals surface area contributed by atoms with Crippen LogP contribution in [-0.4, -0.2) is 11.5 Å². The van der Waals surface area contributed by atoms with Crippen molar-refractivity contribution in [1.29, 1.82) is 0 Å². The summed E-state index contributed by atoms with van der Waals surface area (Å²) in [5.41, 5.74) is 7.78. The lowest BCUT2D eigenvalue weighted by atomic mass is 9.92. The summed E-state index contributed by atoms with van der Waals surface area (Å²) in [6.07, 6.45) is 2.62. The van der Waals surface area contributed by atoms with E-state index in [0.717, 1.165) is 17.7 Å². The van der Waals surface area contributed by atoms with Gasteiger partial charge in [-0.15, -0.1) is 0 Å². The van der Waals surface area contributed by atoms with Crippen LogP contribution < -0.4 is 5.73 Å². The number of nitrogens with zero attached hydrogens (tertiary/aromatic N) is 1. The Balaban J connectivity index is 2.38. The van der Waals surface area contributed by atoms with Gasteiger partial charge in [-0.2, -0.15) is 0 Å². The monoisotopic (exact) mass is 280 g/mol. The lowest BCUT2D eigenvalue weighted by Gasteiger charge is -2.16. The molecule has 0 bridgehead atoms. The van der Waals surface area contributed by atoms with E-state index in [1.54, 1.807) is 6.20 Å². The Bertz CT molecular complexity index is 514. The second kappa shape index (κ2) is 6.19.